The maximum Gasteiger partial charge on any atom is 0.254 e. The van der Waals surface area contributed by atoms with E-state index in [1.807, 2.05) is 13.8 Å². The summed E-state index contributed by atoms with van der Waals surface area (Å²) in [5.74, 6) is -0.333. The number of halogens is 2. The lowest BCUT2D eigenvalue weighted by atomic mass is 10.1. The van der Waals surface area contributed by atoms with Crippen LogP contribution in [0.25, 0.3) is 11.3 Å². The van der Waals surface area contributed by atoms with E-state index in [4.69, 9.17) is 4.52 Å². The number of rotatable bonds is 6. The lowest BCUT2D eigenvalue weighted by molar-refractivity contribution is 0.0718. The van der Waals surface area contributed by atoms with Crippen LogP contribution in [0.5, 0.6) is 0 Å². The minimum absolute atomic E-state index is 0.228. The fourth-order valence-corrected chi connectivity index (χ4v) is 2.80. The standard InChI is InChI=1S/C21H20F2N2O2/c1-14(2)12-25(21(26)16-4-3-5-18(23)10-16)13-19-11-20(27-24-19)15-6-8-17(22)9-7-15/h3-11,14H,12-13H2,1-2H3. The van der Waals surface area contributed by atoms with Crippen molar-refractivity contribution in [2.45, 2.75) is 20.4 Å². The minimum atomic E-state index is -0.453. The smallest absolute Gasteiger partial charge is 0.254 e. The van der Waals surface area contributed by atoms with E-state index in [9.17, 15) is 13.6 Å². The Morgan fingerprint density at radius 2 is 1.81 bits per heavy atom. The molecule has 0 bridgehead atoms. The Bertz CT molecular complexity index is 920. The van der Waals surface area contributed by atoms with Crippen molar-refractivity contribution in [3.63, 3.8) is 0 Å². The molecule has 1 heterocycles. The number of hydrogen-bond acceptors (Lipinski definition) is 3. The van der Waals surface area contributed by atoms with Gasteiger partial charge in [-0.05, 0) is 48.4 Å². The van der Waals surface area contributed by atoms with Gasteiger partial charge in [-0.2, -0.15) is 0 Å². The molecule has 0 saturated carbocycles. The quantitative estimate of drug-likeness (QED) is 0.619. The van der Waals surface area contributed by atoms with Crippen LogP contribution in [0, 0.1) is 17.6 Å². The first kappa shape index (κ1) is 18.8. The molecule has 2 aromatic carbocycles. The third-order valence-corrected chi connectivity index (χ3v) is 3.98. The van der Waals surface area contributed by atoms with E-state index in [0.717, 1.165) is 0 Å². The van der Waals surface area contributed by atoms with Crippen LogP contribution < -0.4 is 0 Å². The predicted molar refractivity (Wildman–Crippen MR) is 97.9 cm³/mol. The fourth-order valence-electron chi connectivity index (χ4n) is 2.80. The molecule has 0 N–H and O–H groups in total. The maximum atomic E-state index is 13.5. The molecule has 1 aromatic heterocycles. The molecular weight excluding hydrogens is 350 g/mol. The zero-order chi connectivity index (χ0) is 19.4. The first-order valence-corrected chi connectivity index (χ1v) is 8.69. The Morgan fingerprint density at radius 3 is 2.48 bits per heavy atom. The average Bonchev–Trinajstić information content (AvgIpc) is 3.09. The summed E-state index contributed by atoms with van der Waals surface area (Å²) in [6.45, 7) is 4.73. The van der Waals surface area contributed by atoms with Gasteiger partial charge in [0, 0.05) is 23.7 Å². The van der Waals surface area contributed by atoms with E-state index < -0.39 is 5.82 Å². The van der Waals surface area contributed by atoms with Crippen LogP contribution in [0.4, 0.5) is 8.78 Å². The molecule has 4 nitrogen and oxygen atoms in total. The van der Waals surface area contributed by atoms with E-state index >= 15 is 0 Å². The zero-order valence-electron chi connectivity index (χ0n) is 15.2. The third-order valence-electron chi connectivity index (χ3n) is 3.98. The first-order chi connectivity index (χ1) is 12.9. The van der Waals surface area contributed by atoms with Crippen LogP contribution in [-0.4, -0.2) is 22.5 Å². The predicted octanol–water partition coefficient (Wildman–Crippen LogP) is 4.92. The summed E-state index contributed by atoms with van der Waals surface area (Å²) in [6, 6.07) is 13.2. The topological polar surface area (TPSA) is 46.3 Å². The number of benzene rings is 2. The second-order valence-corrected chi connectivity index (χ2v) is 6.78. The molecule has 3 rings (SSSR count). The van der Waals surface area contributed by atoms with Crippen molar-refractivity contribution in [1.82, 2.24) is 10.1 Å². The number of carbonyl (C=O) groups is 1. The number of amides is 1. The van der Waals surface area contributed by atoms with Gasteiger partial charge in [0.2, 0.25) is 0 Å². The van der Waals surface area contributed by atoms with Crippen LogP contribution in [-0.2, 0) is 6.54 Å². The Balaban J connectivity index is 1.80. The summed E-state index contributed by atoms with van der Waals surface area (Å²) >= 11 is 0. The van der Waals surface area contributed by atoms with Crippen molar-refractivity contribution in [3.8, 4) is 11.3 Å². The van der Waals surface area contributed by atoms with E-state index in [1.165, 1.54) is 30.3 Å². The summed E-state index contributed by atoms with van der Waals surface area (Å²) in [4.78, 5) is 14.4. The van der Waals surface area contributed by atoms with Gasteiger partial charge in [0.15, 0.2) is 5.76 Å². The molecule has 0 atom stereocenters. The molecular formula is C21H20F2N2O2. The van der Waals surface area contributed by atoms with Crippen LogP contribution in [0.2, 0.25) is 0 Å². The lowest BCUT2D eigenvalue weighted by Crippen LogP contribution is -2.33. The summed E-state index contributed by atoms with van der Waals surface area (Å²) in [6.07, 6.45) is 0. The molecule has 0 aliphatic carbocycles. The Morgan fingerprint density at radius 1 is 1.07 bits per heavy atom. The average molecular weight is 370 g/mol. The minimum Gasteiger partial charge on any atom is -0.356 e. The van der Waals surface area contributed by atoms with Gasteiger partial charge in [-0.25, -0.2) is 8.78 Å². The molecule has 0 saturated heterocycles. The maximum absolute atomic E-state index is 13.5. The highest BCUT2D eigenvalue weighted by atomic mass is 19.1. The monoisotopic (exact) mass is 370 g/mol. The van der Waals surface area contributed by atoms with E-state index in [0.29, 0.717) is 23.6 Å². The van der Waals surface area contributed by atoms with E-state index in [2.05, 4.69) is 5.16 Å². The molecule has 140 valence electrons. The second-order valence-electron chi connectivity index (χ2n) is 6.78. The van der Waals surface area contributed by atoms with Gasteiger partial charge < -0.3 is 9.42 Å². The lowest BCUT2D eigenvalue weighted by Gasteiger charge is -2.23. The number of nitrogens with zero attached hydrogens (tertiary/aromatic N) is 2. The largest absolute Gasteiger partial charge is 0.356 e. The highest BCUT2D eigenvalue weighted by Crippen LogP contribution is 2.22. The molecule has 0 spiro atoms. The molecule has 0 fully saturated rings. The Labute approximate surface area is 156 Å². The summed E-state index contributed by atoms with van der Waals surface area (Å²) < 4.78 is 31.9. The molecule has 27 heavy (non-hydrogen) atoms. The van der Waals surface area contributed by atoms with Crippen molar-refractivity contribution >= 4 is 5.91 Å². The molecule has 3 aromatic rings. The fraction of sp³-hybridized carbons (Fsp3) is 0.238. The molecule has 0 unspecified atom stereocenters. The van der Waals surface area contributed by atoms with Crippen molar-refractivity contribution in [1.29, 1.82) is 0 Å². The summed E-state index contributed by atoms with van der Waals surface area (Å²) in [5.41, 5.74) is 1.56. The Hall–Kier alpha value is -3.02. The molecule has 0 aliphatic heterocycles. The van der Waals surface area contributed by atoms with Crippen molar-refractivity contribution < 1.29 is 18.1 Å². The van der Waals surface area contributed by atoms with Crippen LogP contribution in [0.1, 0.15) is 29.9 Å². The van der Waals surface area contributed by atoms with Crippen molar-refractivity contribution in [3.05, 3.63) is 77.5 Å². The highest BCUT2D eigenvalue weighted by Gasteiger charge is 2.20. The van der Waals surface area contributed by atoms with Gasteiger partial charge in [-0.15, -0.1) is 0 Å². The van der Waals surface area contributed by atoms with E-state index in [1.54, 1.807) is 29.2 Å². The van der Waals surface area contributed by atoms with Crippen molar-refractivity contribution in [2.24, 2.45) is 5.92 Å². The Kier molecular flexibility index (Phi) is 5.64. The van der Waals surface area contributed by atoms with Gasteiger partial charge in [0.1, 0.15) is 17.3 Å². The van der Waals surface area contributed by atoms with Crippen LogP contribution in [0.15, 0.2) is 59.1 Å². The number of hydrogen-bond donors (Lipinski definition) is 0. The van der Waals surface area contributed by atoms with Crippen LogP contribution in [0.3, 0.4) is 0 Å². The highest BCUT2D eigenvalue weighted by molar-refractivity contribution is 5.94. The second kappa shape index (κ2) is 8.12. The molecule has 0 radical (unpaired) electrons. The summed E-state index contributed by atoms with van der Waals surface area (Å²) in [7, 11) is 0. The SMILES string of the molecule is CC(C)CN(Cc1cc(-c2ccc(F)cc2)on1)C(=O)c1cccc(F)c1. The number of carbonyl (C=O) groups excluding carboxylic acids is 1. The third kappa shape index (κ3) is 4.78. The van der Waals surface area contributed by atoms with Gasteiger partial charge in [0.05, 0.1) is 6.54 Å². The van der Waals surface area contributed by atoms with Gasteiger partial charge in [0.25, 0.3) is 5.91 Å². The van der Waals surface area contributed by atoms with Gasteiger partial charge in [-0.3, -0.25) is 4.79 Å². The number of aromatic nitrogens is 1. The molecule has 0 aliphatic rings. The van der Waals surface area contributed by atoms with Crippen LogP contribution >= 0.6 is 0 Å². The van der Waals surface area contributed by atoms with E-state index in [-0.39, 0.29) is 29.8 Å². The molecule has 1 amide bonds. The van der Waals surface area contributed by atoms with Crippen molar-refractivity contribution in [2.75, 3.05) is 6.54 Å². The molecule has 6 heteroatoms. The zero-order valence-corrected chi connectivity index (χ0v) is 15.2. The first-order valence-electron chi connectivity index (χ1n) is 8.69. The normalized spacial score (nSPS) is 11.0. The summed E-state index contributed by atoms with van der Waals surface area (Å²) in [5, 5.41) is 4.02. The van der Waals surface area contributed by atoms with Gasteiger partial charge >= 0.3 is 0 Å². The van der Waals surface area contributed by atoms with Gasteiger partial charge in [-0.1, -0.05) is 25.1 Å².